The van der Waals surface area contributed by atoms with Crippen LogP contribution in [-0.2, 0) is 16.0 Å². The van der Waals surface area contributed by atoms with Gasteiger partial charge in [-0.2, -0.15) is 0 Å². The first-order valence-corrected chi connectivity index (χ1v) is 12.6. The minimum Gasteiger partial charge on any atom is -0.466 e. The minimum absolute atomic E-state index is 0.0633. The lowest BCUT2D eigenvalue weighted by Gasteiger charge is -2.20. The van der Waals surface area contributed by atoms with E-state index in [1.165, 1.54) is 15.4 Å². The zero-order valence-electron chi connectivity index (χ0n) is 18.0. The molecule has 0 aromatic heterocycles. The van der Waals surface area contributed by atoms with Gasteiger partial charge in [-0.05, 0) is 62.4 Å². The highest BCUT2D eigenvalue weighted by Crippen LogP contribution is 2.39. The number of carbonyl (C=O) groups is 1. The number of thioether (sulfide) groups is 2. The van der Waals surface area contributed by atoms with Gasteiger partial charge in [-0.15, -0.1) is 23.5 Å². The number of aryl methyl sites for hydroxylation is 1. The summed E-state index contributed by atoms with van der Waals surface area (Å²) >= 11 is 3.75. The molecule has 3 aromatic rings. The summed E-state index contributed by atoms with van der Waals surface area (Å²) in [7, 11) is 0. The summed E-state index contributed by atoms with van der Waals surface area (Å²) in [6.07, 6.45) is 3.49. The molecule has 1 atom stereocenters. The van der Waals surface area contributed by atoms with E-state index in [0.29, 0.717) is 11.2 Å². The van der Waals surface area contributed by atoms with E-state index in [0.717, 1.165) is 25.7 Å². The number of carbonyl (C=O) groups excluding carboxylic acids is 1. The first-order valence-electron chi connectivity index (χ1n) is 10.9. The molecular formula is C27H30O2S2. The van der Waals surface area contributed by atoms with Crippen molar-refractivity contribution >= 4 is 29.5 Å². The van der Waals surface area contributed by atoms with E-state index in [2.05, 4.69) is 72.8 Å². The third kappa shape index (κ3) is 8.47. The SMILES string of the molecule is CCOC(=O)C(CCc1ccccc1)CCC(Sc1ccccc1)Sc1ccccc1. The Hall–Kier alpha value is -2.17. The average molecular weight is 451 g/mol. The van der Waals surface area contributed by atoms with Crippen LogP contribution in [0.4, 0.5) is 0 Å². The number of hydrogen-bond acceptors (Lipinski definition) is 4. The fourth-order valence-electron chi connectivity index (χ4n) is 3.41. The summed E-state index contributed by atoms with van der Waals surface area (Å²) in [5.74, 6) is -0.137. The van der Waals surface area contributed by atoms with Gasteiger partial charge in [0.15, 0.2) is 0 Å². The summed E-state index contributed by atoms with van der Waals surface area (Å²) in [6.45, 7) is 2.31. The van der Waals surface area contributed by atoms with Crippen molar-refractivity contribution in [3.63, 3.8) is 0 Å². The van der Waals surface area contributed by atoms with E-state index >= 15 is 0 Å². The maximum Gasteiger partial charge on any atom is 0.308 e. The average Bonchev–Trinajstić information content (AvgIpc) is 2.81. The van der Waals surface area contributed by atoms with E-state index in [9.17, 15) is 4.79 Å². The van der Waals surface area contributed by atoms with E-state index in [-0.39, 0.29) is 11.9 Å². The maximum absolute atomic E-state index is 12.7. The Balaban J connectivity index is 1.66. The van der Waals surface area contributed by atoms with Crippen LogP contribution >= 0.6 is 23.5 Å². The van der Waals surface area contributed by atoms with Crippen molar-refractivity contribution in [2.75, 3.05) is 6.61 Å². The molecule has 0 saturated heterocycles. The smallest absolute Gasteiger partial charge is 0.308 e. The Labute approximate surface area is 194 Å². The van der Waals surface area contributed by atoms with Crippen molar-refractivity contribution in [3.8, 4) is 0 Å². The van der Waals surface area contributed by atoms with Crippen molar-refractivity contribution in [1.82, 2.24) is 0 Å². The number of benzene rings is 3. The summed E-state index contributed by atoms with van der Waals surface area (Å²) in [6, 6.07) is 31.4. The van der Waals surface area contributed by atoms with Crippen LogP contribution in [0.2, 0.25) is 0 Å². The molecule has 0 N–H and O–H groups in total. The van der Waals surface area contributed by atoms with Crippen molar-refractivity contribution in [1.29, 1.82) is 0 Å². The molecule has 0 spiro atoms. The molecule has 3 rings (SSSR count). The van der Waals surface area contributed by atoms with Gasteiger partial charge in [0, 0.05) is 9.79 Å². The fraction of sp³-hybridized carbons (Fsp3) is 0.296. The third-order valence-corrected chi connectivity index (χ3v) is 7.68. The number of esters is 1. The van der Waals surface area contributed by atoms with Crippen LogP contribution in [0.3, 0.4) is 0 Å². The quantitative estimate of drug-likeness (QED) is 0.162. The second-order valence-corrected chi connectivity index (χ2v) is 10.2. The van der Waals surface area contributed by atoms with Crippen LogP contribution in [0.15, 0.2) is 101 Å². The lowest BCUT2D eigenvalue weighted by atomic mass is 9.95. The highest BCUT2D eigenvalue weighted by molar-refractivity contribution is 8.17. The molecule has 0 radical (unpaired) electrons. The molecule has 3 aromatic carbocycles. The maximum atomic E-state index is 12.7. The van der Waals surface area contributed by atoms with Gasteiger partial charge < -0.3 is 4.74 Å². The largest absolute Gasteiger partial charge is 0.466 e. The fourth-order valence-corrected chi connectivity index (χ4v) is 6.01. The minimum atomic E-state index is -0.0737. The predicted molar refractivity (Wildman–Crippen MR) is 133 cm³/mol. The van der Waals surface area contributed by atoms with Crippen LogP contribution in [0.1, 0.15) is 31.7 Å². The van der Waals surface area contributed by atoms with Crippen molar-refractivity contribution in [3.05, 3.63) is 96.6 Å². The monoisotopic (exact) mass is 450 g/mol. The normalized spacial score (nSPS) is 11.9. The van der Waals surface area contributed by atoms with Gasteiger partial charge in [-0.1, -0.05) is 66.7 Å². The molecule has 0 aliphatic heterocycles. The molecule has 0 fully saturated rings. The topological polar surface area (TPSA) is 26.3 Å². The Morgan fingerprint density at radius 1 is 0.742 bits per heavy atom. The molecule has 0 amide bonds. The van der Waals surface area contributed by atoms with Gasteiger partial charge in [-0.25, -0.2) is 0 Å². The zero-order chi connectivity index (χ0) is 21.7. The van der Waals surface area contributed by atoms with E-state index < -0.39 is 0 Å². The van der Waals surface area contributed by atoms with Crippen LogP contribution in [0.5, 0.6) is 0 Å². The predicted octanol–water partition coefficient (Wildman–Crippen LogP) is 7.49. The highest BCUT2D eigenvalue weighted by Gasteiger charge is 2.22. The molecule has 0 heterocycles. The van der Waals surface area contributed by atoms with Crippen LogP contribution in [0.25, 0.3) is 0 Å². The standard InChI is InChI=1S/C27H30O2S2/c1-2-29-27(28)23(19-18-22-12-6-3-7-13-22)20-21-26(30-24-14-8-4-9-15-24)31-25-16-10-5-11-17-25/h3-17,23,26H,2,18-21H2,1H3. The number of hydrogen-bond donors (Lipinski definition) is 0. The molecule has 0 aliphatic carbocycles. The van der Waals surface area contributed by atoms with Gasteiger partial charge >= 0.3 is 5.97 Å². The van der Waals surface area contributed by atoms with Crippen molar-refractivity contribution < 1.29 is 9.53 Å². The van der Waals surface area contributed by atoms with Gasteiger partial charge in [0.2, 0.25) is 0 Å². The second-order valence-electron chi connectivity index (χ2n) is 7.34. The van der Waals surface area contributed by atoms with Gasteiger partial charge in [-0.3, -0.25) is 4.79 Å². The Morgan fingerprint density at radius 3 is 1.77 bits per heavy atom. The lowest BCUT2D eigenvalue weighted by molar-refractivity contribution is -0.148. The van der Waals surface area contributed by atoms with Crippen molar-refractivity contribution in [2.45, 2.75) is 47.0 Å². The molecule has 2 nitrogen and oxygen atoms in total. The molecule has 31 heavy (non-hydrogen) atoms. The first kappa shape index (κ1) is 23.5. The first-order chi connectivity index (χ1) is 15.2. The van der Waals surface area contributed by atoms with Crippen molar-refractivity contribution in [2.24, 2.45) is 5.92 Å². The van der Waals surface area contributed by atoms with E-state index in [1.807, 2.05) is 48.6 Å². The number of ether oxygens (including phenoxy) is 1. The Kier molecular flexibility index (Phi) is 10.1. The highest BCUT2D eigenvalue weighted by atomic mass is 32.2. The molecular weight excluding hydrogens is 420 g/mol. The molecule has 1 unspecified atom stereocenters. The number of rotatable bonds is 12. The summed E-state index contributed by atoms with van der Waals surface area (Å²) in [5, 5.41) is 0. The van der Waals surface area contributed by atoms with Gasteiger partial charge in [0.05, 0.1) is 17.1 Å². The second kappa shape index (κ2) is 13.3. The van der Waals surface area contributed by atoms with Gasteiger partial charge in [0.1, 0.15) is 0 Å². The Morgan fingerprint density at radius 2 is 1.26 bits per heavy atom. The summed E-state index contributed by atoms with van der Waals surface area (Å²) in [4.78, 5) is 15.2. The molecule has 0 bridgehead atoms. The summed E-state index contributed by atoms with van der Waals surface area (Å²) in [5.41, 5.74) is 1.27. The molecule has 0 aliphatic rings. The van der Waals surface area contributed by atoms with Gasteiger partial charge in [0.25, 0.3) is 0 Å². The zero-order valence-corrected chi connectivity index (χ0v) is 19.6. The van der Waals surface area contributed by atoms with Crippen LogP contribution in [0, 0.1) is 5.92 Å². The molecule has 4 heteroatoms. The van der Waals surface area contributed by atoms with Crippen LogP contribution in [-0.4, -0.2) is 17.2 Å². The summed E-state index contributed by atoms with van der Waals surface area (Å²) < 4.78 is 5.74. The van der Waals surface area contributed by atoms with E-state index in [4.69, 9.17) is 4.74 Å². The molecule has 162 valence electrons. The lowest BCUT2D eigenvalue weighted by Crippen LogP contribution is -2.20. The van der Waals surface area contributed by atoms with E-state index in [1.54, 1.807) is 0 Å². The Bertz CT molecular complexity index is 843. The molecule has 0 saturated carbocycles. The van der Waals surface area contributed by atoms with Crippen LogP contribution < -0.4 is 0 Å². The third-order valence-electron chi connectivity index (χ3n) is 5.02.